The van der Waals surface area contributed by atoms with Gasteiger partial charge in [0.15, 0.2) is 11.5 Å². The summed E-state index contributed by atoms with van der Waals surface area (Å²) in [5, 5.41) is 17.5. The van der Waals surface area contributed by atoms with E-state index in [1.54, 1.807) is 13.8 Å². The summed E-state index contributed by atoms with van der Waals surface area (Å²) in [6.45, 7) is 3.49. The summed E-state index contributed by atoms with van der Waals surface area (Å²) in [5.41, 5.74) is 5.57. The molecule has 0 radical (unpaired) electrons. The van der Waals surface area contributed by atoms with Crippen molar-refractivity contribution in [2.45, 2.75) is 26.3 Å². The van der Waals surface area contributed by atoms with Crippen LogP contribution < -0.4 is 11.1 Å². The average molecular weight is 226 g/mol. The van der Waals surface area contributed by atoms with Crippen molar-refractivity contribution in [2.24, 2.45) is 10.9 Å². The Bertz CT molecular complexity index is 399. The molecule has 0 aliphatic rings. The van der Waals surface area contributed by atoms with Crippen molar-refractivity contribution in [3.63, 3.8) is 0 Å². The van der Waals surface area contributed by atoms with Gasteiger partial charge < -0.3 is 20.8 Å². The summed E-state index contributed by atoms with van der Waals surface area (Å²) in [6.07, 6.45) is 0.512. The number of oxime groups is 1. The van der Waals surface area contributed by atoms with Crippen LogP contribution in [-0.2, 0) is 0 Å². The van der Waals surface area contributed by atoms with Crippen LogP contribution in [0.5, 0.6) is 0 Å². The molecule has 0 spiro atoms. The minimum Gasteiger partial charge on any atom is -0.409 e. The first-order valence-corrected chi connectivity index (χ1v) is 4.80. The number of amidine groups is 1. The lowest BCUT2D eigenvalue weighted by atomic mass is 10.2. The molecule has 1 aromatic heterocycles. The number of nitrogens with two attached hydrogens (primary N) is 1. The van der Waals surface area contributed by atoms with Gasteiger partial charge >= 0.3 is 0 Å². The highest BCUT2D eigenvalue weighted by Gasteiger charge is 2.18. The summed E-state index contributed by atoms with van der Waals surface area (Å²) >= 11 is 0. The van der Waals surface area contributed by atoms with Gasteiger partial charge in [0.2, 0.25) is 0 Å². The molecule has 0 saturated heterocycles. The zero-order valence-electron chi connectivity index (χ0n) is 9.10. The van der Waals surface area contributed by atoms with Gasteiger partial charge in [0.1, 0.15) is 5.76 Å². The Kier molecular flexibility index (Phi) is 3.87. The van der Waals surface area contributed by atoms with Crippen LogP contribution in [0.15, 0.2) is 15.7 Å². The van der Waals surface area contributed by atoms with Gasteiger partial charge in [-0.3, -0.25) is 4.79 Å². The van der Waals surface area contributed by atoms with Crippen LogP contribution in [0.25, 0.3) is 0 Å². The molecule has 1 atom stereocenters. The quantitative estimate of drug-likeness (QED) is 0.294. The number of carbonyl (C=O) groups excluding carboxylic acids is 1. The van der Waals surface area contributed by atoms with E-state index in [1.165, 1.54) is 6.07 Å². The first kappa shape index (κ1) is 12.0. The fourth-order valence-corrected chi connectivity index (χ4v) is 1.16. The largest absolute Gasteiger partial charge is 0.409 e. The van der Waals surface area contributed by atoms with E-state index in [0.29, 0.717) is 12.2 Å². The topological polar surface area (TPSA) is 114 Å². The average Bonchev–Trinajstić information content (AvgIpc) is 2.71. The molecule has 4 N–H and O–H groups in total. The number of amides is 1. The van der Waals surface area contributed by atoms with Gasteiger partial charge in [-0.05, 0) is 13.3 Å². The molecule has 1 rings (SSSR count). The molecule has 16 heavy (non-hydrogen) atoms. The molecule has 88 valence electrons. The molecule has 7 nitrogen and oxygen atoms in total. The summed E-state index contributed by atoms with van der Waals surface area (Å²) in [6, 6.07) is 0.989. The monoisotopic (exact) mass is 226 g/mol. The third kappa shape index (κ3) is 2.72. The minimum atomic E-state index is -0.519. The van der Waals surface area contributed by atoms with E-state index in [1.807, 2.05) is 0 Å². The van der Waals surface area contributed by atoms with Crippen LogP contribution in [0, 0.1) is 6.92 Å². The van der Waals surface area contributed by atoms with E-state index in [2.05, 4.69) is 15.6 Å². The molecule has 0 aliphatic carbocycles. The molecule has 7 heteroatoms. The van der Waals surface area contributed by atoms with Gasteiger partial charge in [-0.25, -0.2) is 0 Å². The number of rotatable bonds is 4. The molecular weight excluding hydrogens is 212 g/mol. The lowest BCUT2D eigenvalue weighted by Gasteiger charge is -2.13. The molecule has 1 amide bonds. The number of carbonyl (C=O) groups is 1. The maximum atomic E-state index is 11.6. The van der Waals surface area contributed by atoms with Gasteiger partial charge in [-0.15, -0.1) is 0 Å². The van der Waals surface area contributed by atoms with Crippen molar-refractivity contribution in [1.29, 1.82) is 0 Å². The molecule has 1 aromatic rings. The van der Waals surface area contributed by atoms with Gasteiger partial charge in [0.05, 0.1) is 6.04 Å². The Balaban J connectivity index is 2.70. The van der Waals surface area contributed by atoms with Gasteiger partial charge in [0.25, 0.3) is 5.91 Å². The highest BCUT2D eigenvalue weighted by molar-refractivity contribution is 5.96. The van der Waals surface area contributed by atoms with E-state index < -0.39 is 11.9 Å². The molecule has 0 saturated carbocycles. The van der Waals surface area contributed by atoms with Gasteiger partial charge in [-0.1, -0.05) is 17.2 Å². The predicted octanol–water partition coefficient (Wildman–Crippen LogP) is 0.238. The van der Waals surface area contributed by atoms with Gasteiger partial charge in [-0.2, -0.15) is 0 Å². The first-order chi connectivity index (χ1) is 7.58. The standard InChI is InChI=1S/C9H14N4O3/c1-3-6(8(10)12-15)11-9(14)7-4-5(2)16-13-7/h4,6,15H,3H2,1-2H3,(H2,10,12)(H,11,14). The van der Waals surface area contributed by atoms with Crippen molar-refractivity contribution < 1.29 is 14.5 Å². The number of hydrogen-bond acceptors (Lipinski definition) is 5. The Hall–Kier alpha value is -2.05. The molecular formula is C9H14N4O3. The van der Waals surface area contributed by atoms with E-state index in [9.17, 15) is 4.79 Å². The van der Waals surface area contributed by atoms with E-state index in [4.69, 9.17) is 15.5 Å². The number of nitrogens with one attached hydrogen (secondary N) is 1. The van der Waals surface area contributed by atoms with Crippen molar-refractivity contribution in [3.05, 3.63) is 17.5 Å². The molecule has 0 aromatic carbocycles. The maximum Gasteiger partial charge on any atom is 0.274 e. The van der Waals surface area contributed by atoms with Crippen LogP contribution in [0.1, 0.15) is 29.6 Å². The van der Waals surface area contributed by atoms with Crippen LogP contribution in [-0.4, -0.2) is 28.1 Å². The third-order valence-electron chi connectivity index (χ3n) is 2.05. The second kappa shape index (κ2) is 5.15. The van der Waals surface area contributed by atoms with Crippen molar-refractivity contribution in [3.8, 4) is 0 Å². The fourth-order valence-electron chi connectivity index (χ4n) is 1.16. The van der Waals surface area contributed by atoms with Crippen LogP contribution in [0.3, 0.4) is 0 Å². The van der Waals surface area contributed by atoms with Crippen molar-refractivity contribution in [1.82, 2.24) is 10.5 Å². The molecule has 0 aliphatic heterocycles. The Morgan fingerprint density at radius 1 is 1.81 bits per heavy atom. The fraction of sp³-hybridized carbons (Fsp3) is 0.444. The smallest absolute Gasteiger partial charge is 0.274 e. The van der Waals surface area contributed by atoms with Crippen molar-refractivity contribution >= 4 is 11.7 Å². The molecule has 1 unspecified atom stereocenters. The summed E-state index contributed by atoms with van der Waals surface area (Å²) in [5.74, 6) is 0.0772. The number of aryl methyl sites for hydroxylation is 1. The maximum absolute atomic E-state index is 11.6. The second-order valence-corrected chi connectivity index (χ2v) is 3.28. The number of nitrogens with zero attached hydrogens (tertiary/aromatic N) is 2. The molecule has 0 fully saturated rings. The molecule has 1 heterocycles. The first-order valence-electron chi connectivity index (χ1n) is 4.80. The van der Waals surface area contributed by atoms with Crippen LogP contribution in [0.4, 0.5) is 0 Å². The van der Waals surface area contributed by atoms with Crippen molar-refractivity contribution in [2.75, 3.05) is 0 Å². The van der Waals surface area contributed by atoms with Crippen LogP contribution >= 0.6 is 0 Å². The van der Waals surface area contributed by atoms with Crippen LogP contribution in [0.2, 0.25) is 0 Å². The lowest BCUT2D eigenvalue weighted by Crippen LogP contribution is -2.44. The SMILES string of the molecule is CCC(NC(=O)c1cc(C)on1)C(N)=NO. The van der Waals surface area contributed by atoms with E-state index in [0.717, 1.165) is 0 Å². The second-order valence-electron chi connectivity index (χ2n) is 3.28. The molecule has 0 bridgehead atoms. The minimum absolute atomic E-state index is 0.0453. The predicted molar refractivity (Wildman–Crippen MR) is 56.2 cm³/mol. The Morgan fingerprint density at radius 3 is 2.94 bits per heavy atom. The Morgan fingerprint density at radius 2 is 2.50 bits per heavy atom. The normalized spacial score (nSPS) is 13.5. The zero-order chi connectivity index (χ0) is 12.1. The highest BCUT2D eigenvalue weighted by atomic mass is 16.5. The van der Waals surface area contributed by atoms with Gasteiger partial charge in [0, 0.05) is 6.07 Å². The summed E-state index contributed by atoms with van der Waals surface area (Å²) in [4.78, 5) is 11.6. The third-order valence-corrected chi connectivity index (χ3v) is 2.05. The Labute approximate surface area is 92.3 Å². The number of hydrogen-bond donors (Lipinski definition) is 3. The number of aromatic nitrogens is 1. The lowest BCUT2D eigenvalue weighted by molar-refractivity contribution is 0.0936. The summed E-state index contributed by atoms with van der Waals surface area (Å²) in [7, 11) is 0. The highest BCUT2D eigenvalue weighted by Crippen LogP contribution is 2.02. The zero-order valence-corrected chi connectivity index (χ0v) is 9.10. The van der Waals surface area contributed by atoms with E-state index >= 15 is 0 Å². The summed E-state index contributed by atoms with van der Waals surface area (Å²) < 4.78 is 4.77. The van der Waals surface area contributed by atoms with E-state index in [-0.39, 0.29) is 11.5 Å².